The second-order valence-electron chi connectivity index (χ2n) is 5.43. The van der Waals surface area contributed by atoms with E-state index in [2.05, 4.69) is 23.4 Å². The minimum Gasteiger partial charge on any atom is -0.352 e. The van der Waals surface area contributed by atoms with Crippen molar-refractivity contribution in [2.24, 2.45) is 5.92 Å². The number of amides is 1. The predicted molar refractivity (Wildman–Crippen MR) is 84.7 cm³/mol. The number of halogens is 1. The summed E-state index contributed by atoms with van der Waals surface area (Å²) in [7, 11) is 0. The first-order chi connectivity index (χ1) is 9.95. The molecule has 1 N–H and O–H groups in total. The predicted octanol–water partition coefficient (Wildman–Crippen LogP) is 3.22. The number of hydrogen-bond acceptors (Lipinski definition) is 2. The molecule has 0 bridgehead atoms. The highest BCUT2D eigenvalue weighted by Gasteiger charge is 2.10. The third-order valence-electron chi connectivity index (χ3n) is 3.29. The standard InChI is InChI=1S/C16H20ClN3O/c1-11(10-20-13(3)7-12(2)19-20)9-18-16(21)14-5-4-6-15(17)8-14/h4-8,11H,9-10H2,1-3H3,(H,18,21)/t11-/m0/s1. The zero-order valence-corrected chi connectivity index (χ0v) is 13.3. The van der Waals surface area contributed by atoms with Crippen LogP contribution in [0.25, 0.3) is 0 Å². The van der Waals surface area contributed by atoms with Gasteiger partial charge in [0.1, 0.15) is 0 Å². The Morgan fingerprint density at radius 2 is 2.14 bits per heavy atom. The highest BCUT2D eigenvalue weighted by Crippen LogP contribution is 2.11. The summed E-state index contributed by atoms with van der Waals surface area (Å²) in [6, 6.07) is 9.01. The number of nitrogens with one attached hydrogen (secondary N) is 1. The van der Waals surface area contributed by atoms with Gasteiger partial charge in [0, 0.05) is 29.4 Å². The van der Waals surface area contributed by atoms with Crippen LogP contribution < -0.4 is 5.32 Å². The van der Waals surface area contributed by atoms with E-state index >= 15 is 0 Å². The van der Waals surface area contributed by atoms with Crippen LogP contribution in [0, 0.1) is 19.8 Å². The van der Waals surface area contributed by atoms with Crippen LogP contribution in [-0.4, -0.2) is 22.2 Å². The molecule has 21 heavy (non-hydrogen) atoms. The van der Waals surface area contributed by atoms with Crippen molar-refractivity contribution in [3.8, 4) is 0 Å². The zero-order valence-electron chi connectivity index (χ0n) is 12.6. The molecule has 0 aliphatic heterocycles. The fraction of sp³-hybridized carbons (Fsp3) is 0.375. The highest BCUT2D eigenvalue weighted by atomic mass is 35.5. The molecule has 2 aromatic rings. The first kappa shape index (κ1) is 15.6. The lowest BCUT2D eigenvalue weighted by Gasteiger charge is -2.14. The van der Waals surface area contributed by atoms with Crippen LogP contribution in [0.1, 0.15) is 28.7 Å². The number of aryl methyl sites for hydroxylation is 2. The van der Waals surface area contributed by atoms with Gasteiger partial charge in [0.05, 0.1) is 5.69 Å². The monoisotopic (exact) mass is 305 g/mol. The molecule has 1 aromatic carbocycles. The minimum atomic E-state index is -0.0993. The maximum absolute atomic E-state index is 12.0. The molecule has 0 spiro atoms. The van der Waals surface area contributed by atoms with Crippen molar-refractivity contribution >= 4 is 17.5 Å². The van der Waals surface area contributed by atoms with Crippen LogP contribution in [0.15, 0.2) is 30.3 Å². The number of rotatable bonds is 5. The number of carbonyl (C=O) groups excluding carboxylic acids is 1. The Hall–Kier alpha value is -1.81. The summed E-state index contributed by atoms with van der Waals surface area (Å²) in [6.07, 6.45) is 0. The van der Waals surface area contributed by atoms with Crippen molar-refractivity contribution in [2.45, 2.75) is 27.3 Å². The van der Waals surface area contributed by atoms with Gasteiger partial charge in [-0.3, -0.25) is 9.48 Å². The van der Waals surface area contributed by atoms with E-state index in [1.54, 1.807) is 24.3 Å². The first-order valence-corrected chi connectivity index (χ1v) is 7.38. The average molecular weight is 306 g/mol. The molecular formula is C16H20ClN3O. The first-order valence-electron chi connectivity index (χ1n) is 7.00. The number of carbonyl (C=O) groups is 1. The number of benzene rings is 1. The van der Waals surface area contributed by atoms with Gasteiger partial charge >= 0.3 is 0 Å². The Morgan fingerprint density at radius 3 is 2.76 bits per heavy atom. The molecule has 1 heterocycles. The fourth-order valence-electron chi connectivity index (χ4n) is 2.22. The number of hydrogen-bond donors (Lipinski definition) is 1. The van der Waals surface area contributed by atoms with Crippen molar-refractivity contribution in [2.75, 3.05) is 6.54 Å². The molecule has 112 valence electrons. The lowest BCUT2D eigenvalue weighted by Crippen LogP contribution is -2.30. The Balaban J connectivity index is 1.88. The fourth-order valence-corrected chi connectivity index (χ4v) is 2.41. The summed E-state index contributed by atoms with van der Waals surface area (Å²) in [5.41, 5.74) is 2.74. The summed E-state index contributed by atoms with van der Waals surface area (Å²) >= 11 is 5.89. The van der Waals surface area contributed by atoms with E-state index < -0.39 is 0 Å². The average Bonchev–Trinajstić information content (AvgIpc) is 2.74. The van der Waals surface area contributed by atoms with Crippen LogP contribution in [0.5, 0.6) is 0 Å². The van der Waals surface area contributed by atoms with Crippen molar-refractivity contribution in [3.63, 3.8) is 0 Å². The van der Waals surface area contributed by atoms with Crippen LogP contribution in [0.3, 0.4) is 0 Å². The van der Waals surface area contributed by atoms with Crippen molar-refractivity contribution in [1.82, 2.24) is 15.1 Å². The van der Waals surface area contributed by atoms with Crippen LogP contribution in [0.2, 0.25) is 5.02 Å². The molecule has 2 rings (SSSR count). The summed E-state index contributed by atoms with van der Waals surface area (Å²) in [6.45, 7) is 7.50. The van der Waals surface area contributed by atoms with Crippen molar-refractivity contribution < 1.29 is 4.79 Å². The molecule has 0 aliphatic carbocycles. The van der Waals surface area contributed by atoms with E-state index in [-0.39, 0.29) is 5.91 Å². The highest BCUT2D eigenvalue weighted by molar-refractivity contribution is 6.30. The van der Waals surface area contributed by atoms with Gasteiger partial charge in [0.2, 0.25) is 0 Å². The number of aromatic nitrogens is 2. The molecule has 4 nitrogen and oxygen atoms in total. The second-order valence-corrected chi connectivity index (χ2v) is 5.87. The van der Waals surface area contributed by atoms with E-state index in [4.69, 9.17) is 11.6 Å². The SMILES string of the molecule is Cc1cc(C)n(C[C@@H](C)CNC(=O)c2cccc(Cl)c2)n1. The molecule has 1 amide bonds. The van der Waals surface area contributed by atoms with Gasteiger partial charge in [0.15, 0.2) is 0 Å². The van der Waals surface area contributed by atoms with Gasteiger partial charge < -0.3 is 5.32 Å². The maximum Gasteiger partial charge on any atom is 0.251 e. The molecule has 0 aliphatic rings. The quantitative estimate of drug-likeness (QED) is 0.922. The van der Waals surface area contributed by atoms with E-state index in [1.807, 2.05) is 18.5 Å². The van der Waals surface area contributed by atoms with Crippen LogP contribution in [0.4, 0.5) is 0 Å². The third kappa shape index (κ3) is 4.33. The van der Waals surface area contributed by atoms with Gasteiger partial charge in [-0.1, -0.05) is 24.6 Å². The molecule has 0 saturated carbocycles. The number of nitrogens with zero attached hydrogens (tertiary/aromatic N) is 2. The van der Waals surface area contributed by atoms with Gasteiger partial charge in [-0.2, -0.15) is 5.10 Å². The smallest absolute Gasteiger partial charge is 0.251 e. The molecule has 1 aromatic heterocycles. The molecule has 0 unspecified atom stereocenters. The Kier molecular flexibility index (Phi) is 5.02. The van der Waals surface area contributed by atoms with Gasteiger partial charge in [0.25, 0.3) is 5.91 Å². The lowest BCUT2D eigenvalue weighted by atomic mass is 10.1. The van der Waals surface area contributed by atoms with E-state index in [1.165, 1.54) is 0 Å². The largest absolute Gasteiger partial charge is 0.352 e. The lowest BCUT2D eigenvalue weighted by molar-refractivity contribution is 0.0946. The van der Waals surface area contributed by atoms with Crippen LogP contribution in [-0.2, 0) is 6.54 Å². The topological polar surface area (TPSA) is 46.9 Å². The van der Waals surface area contributed by atoms with Gasteiger partial charge in [-0.05, 0) is 44.0 Å². The molecule has 0 saturated heterocycles. The van der Waals surface area contributed by atoms with E-state index in [0.29, 0.717) is 23.0 Å². The molecule has 0 radical (unpaired) electrons. The Labute approximate surface area is 130 Å². The summed E-state index contributed by atoms with van der Waals surface area (Å²) in [5.74, 6) is 0.198. The van der Waals surface area contributed by atoms with E-state index in [0.717, 1.165) is 17.9 Å². The third-order valence-corrected chi connectivity index (χ3v) is 3.52. The van der Waals surface area contributed by atoms with Gasteiger partial charge in [-0.15, -0.1) is 0 Å². The van der Waals surface area contributed by atoms with Gasteiger partial charge in [-0.25, -0.2) is 0 Å². The second kappa shape index (κ2) is 6.76. The Morgan fingerprint density at radius 1 is 1.38 bits per heavy atom. The van der Waals surface area contributed by atoms with Crippen LogP contribution >= 0.6 is 11.6 Å². The molecule has 0 fully saturated rings. The summed E-state index contributed by atoms with van der Waals surface area (Å²) in [4.78, 5) is 12.0. The summed E-state index contributed by atoms with van der Waals surface area (Å²) < 4.78 is 1.98. The zero-order chi connectivity index (χ0) is 15.4. The minimum absolute atomic E-state index is 0.0993. The summed E-state index contributed by atoms with van der Waals surface area (Å²) in [5, 5.41) is 7.94. The molecule has 5 heteroatoms. The maximum atomic E-state index is 12.0. The van der Waals surface area contributed by atoms with E-state index in [9.17, 15) is 4.79 Å². The molecular weight excluding hydrogens is 286 g/mol. The normalized spacial score (nSPS) is 12.2. The van der Waals surface area contributed by atoms with Crippen molar-refractivity contribution in [3.05, 3.63) is 52.3 Å². The van der Waals surface area contributed by atoms with Crippen molar-refractivity contribution in [1.29, 1.82) is 0 Å². The Bertz CT molecular complexity index is 636. The molecule has 1 atom stereocenters.